The summed E-state index contributed by atoms with van der Waals surface area (Å²) >= 11 is 0. The molecule has 0 aromatic carbocycles. The quantitative estimate of drug-likeness (QED) is 0.284. The molecule has 0 saturated carbocycles. The summed E-state index contributed by atoms with van der Waals surface area (Å²) in [7, 11) is 0. The van der Waals surface area contributed by atoms with E-state index in [0.29, 0.717) is 0 Å². The zero-order chi connectivity index (χ0) is 12.2. The predicted molar refractivity (Wildman–Crippen MR) is 83.6 cm³/mol. The van der Waals surface area contributed by atoms with Gasteiger partial charge in [0, 0.05) is 13.1 Å². The summed E-state index contributed by atoms with van der Waals surface area (Å²) in [6, 6.07) is 0. The minimum atomic E-state index is 0. The molecule has 0 atom stereocenters. The van der Waals surface area contributed by atoms with Crippen molar-refractivity contribution >= 4 is 36.7 Å². The maximum atomic E-state index is 5.21. The molecule has 6 nitrogen and oxygen atoms in total. The third-order valence-electron chi connectivity index (χ3n) is 2.15. The van der Waals surface area contributed by atoms with Gasteiger partial charge in [0.1, 0.15) is 0 Å². The molecule has 0 amide bonds. The van der Waals surface area contributed by atoms with Crippen LogP contribution < -0.4 is 22.9 Å². The van der Waals surface area contributed by atoms with E-state index >= 15 is 0 Å². The summed E-state index contributed by atoms with van der Waals surface area (Å²) in [5, 5.41) is 0. The van der Waals surface area contributed by atoms with Crippen LogP contribution in [0.3, 0.4) is 0 Å². The van der Waals surface area contributed by atoms with E-state index in [0.717, 1.165) is 25.9 Å². The maximum Gasteiger partial charge on any atom is 0.185 e. The summed E-state index contributed by atoms with van der Waals surface area (Å²) in [6.45, 7) is 1.46. The number of unbranched alkanes of at least 4 members (excludes halogenated alkanes) is 5. The van der Waals surface area contributed by atoms with Crippen LogP contribution in [0, 0.1) is 0 Å². The molecule has 0 unspecified atom stereocenters. The highest BCUT2D eigenvalue weighted by Crippen LogP contribution is 2.05. The van der Waals surface area contributed by atoms with Crippen molar-refractivity contribution in [3.8, 4) is 0 Å². The van der Waals surface area contributed by atoms with E-state index in [-0.39, 0.29) is 36.7 Å². The molecule has 8 N–H and O–H groups in total. The average Bonchev–Trinajstić information content (AvgIpc) is 2.20. The number of nitrogens with two attached hydrogens (primary N) is 4. The SMILES string of the molecule is Cl.Cl.NC(N)=NCCCCCCCCN=C(N)N. The van der Waals surface area contributed by atoms with Crippen LogP contribution in [0.5, 0.6) is 0 Å². The summed E-state index contributed by atoms with van der Waals surface area (Å²) in [5.41, 5.74) is 20.8. The Labute approximate surface area is 121 Å². The molecular weight excluding hydrogens is 275 g/mol. The van der Waals surface area contributed by atoms with Crippen LogP contribution in [0.25, 0.3) is 0 Å². The average molecular weight is 301 g/mol. The number of halogens is 2. The number of hydrogen-bond donors (Lipinski definition) is 4. The van der Waals surface area contributed by atoms with Gasteiger partial charge in [-0.05, 0) is 12.8 Å². The van der Waals surface area contributed by atoms with E-state index < -0.39 is 0 Å². The molecule has 0 rings (SSSR count). The lowest BCUT2D eigenvalue weighted by atomic mass is 10.1. The molecule has 110 valence electrons. The first-order chi connectivity index (χ1) is 7.63. The number of rotatable bonds is 9. The number of hydrogen-bond acceptors (Lipinski definition) is 2. The van der Waals surface area contributed by atoms with Gasteiger partial charge in [0.25, 0.3) is 0 Å². The van der Waals surface area contributed by atoms with Crippen LogP contribution in [0.2, 0.25) is 0 Å². The minimum absolute atomic E-state index is 0. The first-order valence-electron chi connectivity index (χ1n) is 5.73. The second kappa shape index (κ2) is 16.1. The van der Waals surface area contributed by atoms with E-state index in [9.17, 15) is 0 Å². The van der Waals surface area contributed by atoms with E-state index in [4.69, 9.17) is 22.9 Å². The van der Waals surface area contributed by atoms with Gasteiger partial charge in [0.05, 0.1) is 0 Å². The Bertz CT molecular complexity index is 200. The molecule has 0 radical (unpaired) electrons. The van der Waals surface area contributed by atoms with Crippen molar-refractivity contribution in [3.05, 3.63) is 0 Å². The molecule has 0 saturated heterocycles. The molecule has 0 fully saturated rings. The van der Waals surface area contributed by atoms with Gasteiger partial charge in [0.2, 0.25) is 0 Å². The fourth-order valence-electron chi connectivity index (χ4n) is 1.35. The molecule has 0 spiro atoms. The van der Waals surface area contributed by atoms with Crippen molar-refractivity contribution in [2.45, 2.75) is 38.5 Å². The first-order valence-corrected chi connectivity index (χ1v) is 5.73. The molecule has 0 bridgehead atoms. The molecule has 0 aliphatic heterocycles. The normalized spacial score (nSPS) is 8.67. The summed E-state index contributed by atoms with van der Waals surface area (Å²) in [4.78, 5) is 7.84. The largest absolute Gasteiger partial charge is 0.370 e. The zero-order valence-electron chi connectivity index (χ0n) is 10.7. The lowest BCUT2D eigenvalue weighted by Gasteiger charge is -1.99. The number of guanidine groups is 2. The third kappa shape index (κ3) is 20.5. The fourth-order valence-corrected chi connectivity index (χ4v) is 1.35. The summed E-state index contributed by atoms with van der Waals surface area (Å²) < 4.78 is 0. The topological polar surface area (TPSA) is 129 Å². The molecular formula is C10H26Cl2N6. The highest BCUT2D eigenvalue weighted by molar-refractivity contribution is 5.85. The Morgan fingerprint density at radius 1 is 0.556 bits per heavy atom. The molecule has 0 aromatic rings. The first kappa shape index (κ1) is 22.3. The van der Waals surface area contributed by atoms with Crippen molar-refractivity contribution < 1.29 is 0 Å². The van der Waals surface area contributed by atoms with Crippen LogP contribution in [0.4, 0.5) is 0 Å². The van der Waals surface area contributed by atoms with Crippen molar-refractivity contribution in [1.82, 2.24) is 0 Å². The highest BCUT2D eigenvalue weighted by Gasteiger charge is 1.91. The summed E-state index contributed by atoms with van der Waals surface area (Å²) in [5.74, 6) is 0.356. The van der Waals surface area contributed by atoms with Gasteiger partial charge in [-0.25, -0.2) is 0 Å². The highest BCUT2D eigenvalue weighted by atomic mass is 35.5. The van der Waals surface area contributed by atoms with Crippen molar-refractivity contribution in [3.63, 3.8) is 0 Å². The Kier molecular flexibility index (Phi) is 20.0. The predicted octanol–water partition coefficient (Wildman–Crippen LogP) is 0.717. The van der Waals surface area contributed by atoms with Gasteiger partial charge < -0.3 is 22.9 Å². The van der Waals surface area contributed by atoms with E-state index in [1.54, 1.807) is 0 Å². The van der Waals surface area contributed by atoms with Gasteiger partial charge in [-0.15, -0.1) is 24.8 Å². The second-order valence-electron chi connectivity index (χ2n) is 3.73. The second-order valence-corrected chi connectivity index (χ2v) is 3.73. The molecule has 0 aliphatic rings. The third-order valence-corrected chi connectivity index (χ3v) is 2.15. The van der Waals surface area contributed by atoms with E-state index in [1.165, 1.54) is 25.7 Å². The minimum Gasteiger partial charge on any atom is -0.370 e. The fraction of sp³-hybridized carbons (Fsp3) is 0.800. The van der Waals surface area contributed by atoms with Gasteiger partial charge in [-0.2, -0.15) is 0 Å². The van der Waals surface area contributed by atoms with Gasteiger partial charge >= 0.3 is 0 Å². The van der Waals surface area contributed by atoms with Crippen LogP contribution in [0.1, 0.15) is 38.5 Å². The van der Waals surface area contributed by atoms with Crippen molar-refractivity contribution in [2.75, 3.05) is 13.1 Å². The van der Waals surface area contributed by atoms with Crippen LogP contribution >= 0.6 is 24.8 Å². The van der Waals surface area contributed by atoms with Gasteiger partial charge in [-0.1, -0.05) is 25.7 Å². The standard InChI is InChI=1S/C10H24N6.2ClH/c11-9(12)15-7-5-3-1-2-4-6-8-16-10(13)14;;/h1-8H2,(H4,11,12,15)(H4,13,14,16);2*1H. The monoisotopic (exact) mass is 300 g/mol. The lowest BCUT2D eigenvalue weighted by Crippen LogP contribution is -2.23. The Morgan fingerprint density at radius 2 is 0.833 bits per heavy atom. The van der Waals surface area contributed by atoms with Crippen LogP contribution in [0.15, 0.2) is 9.98 Å². The zero-order valence-corrected chi connectivity index (χ0v) is 12.3. The molecule has 0 aliphatic carbocycles. The van der Waals surface area contributed by atoms with Crippen molar-refractivity contribution in [2.24, 2.45) is 32.9 Å². The van der Waals surface area contributed by atoms with E-state index in [1.807, 2.05) is 0 Å². The van der Waals surface area contributed by atoms with Gasteiger partial charge in [0.15, 0.2) is 11.9 Å². The molecule has 0 heterocycles. The number of aliphatic imine (C=N–C) groups is 2. The van der Waals surface area contributed by atoms with Crippen LogP contribution in [-0.2, 0) is 0 Å². The number of nitrogens with zero attached hydrogens (tertiary/aromatic N) is 2. The Balaban J connectivity index is -0.00000112. The maximum absolute atomic E-state index is 5.21. The van der Waals surface area contributed by atoms with Crippen LogP contribution in [-0.4, -0.2) is 25.0 Å². The molecule has 18 heavy (non-hydrogen) atoms. The molecule has 0 aromatic heterocycles. The lowest BCUT2D eigenvalue weighted by molar-refractivity contribution is 0.602. The smallest absolute Gasteiger partial charge is 0.185 e. The van der Waals surface area contributed by atoms with Crippen molar-refractivity contribution in [1.29, 1.82) is 0 Å². The van der Waals surface area contributed by atoms with E-state index in [2.05, 4.69) is 9.98 Å². The Morgan fingerprint density at radius 3 is 1.11 bits per heavy atom. The Hall–Kier alpha value is -0.880. The van der Waals surface area contributed by atoms with Gasteiger partial charge in [-0.3, -0.25) is 9.98 Å². The molecule has 8 heteroatoms. The summed E-state index contributed by atoms with van der Waals surface area (Å²) in [6.07, 6.45) is 6.85.